The van der Waals surface area contributed by atoms with Crippen LogP contribution in [0.15, 0.2) is 18.2 Å². The zero-order valence-electron chi connectivity index (χ0n) is 13.8. The molecule has 2 atom stereocenters. The molecular formula is C17H25ClN2O3. The average Bonchev–Trinajstić information content (AvgIpc) is 2.47. The highest BCUT2D eigenvalue weighted by Crippen LogP contribution is 2.32. The molecule has 1 amide bonds. The number of nitrogens with two attached hydrogens (primary N) is 1. The van der Waals surface area contributed by atoms with Gasteiger partial charge in [-0.25, -0.2) is 4.79 Å². The standard InChI is InChI=1S/C17H24N2O3.ClH/c1-11-7-8-12(10-13(11)16(21)22-3)19-15(20)14-6-4-5-9-17(14,2)18;/h7-8,10,14H,4-6,9,18H2,1-3H3,(H,19,20);1H. The first-order valence-electron chi connectivity index (χ1n) is 7.64. The van der Waals surface area contributed by atoms with Crippen LogP contribution in [-0.4, -0.2) is 24.5 Å². The Balaban J connectivity index is 0.00000264. The summed E-state index contributed by atoms with van der Waals surface area (Å²) in [7, 11) is 1.34. The Morgan fingerprint density at radius 1 is 1.35 bits per heavy atom. The summed E-state index contributed by atoms with van der Waals surface area (Å²) in [6, 6.07) is 5.23. The number of esters is 1. The number of ether oxygens (including phenoxy) is 1. The quantitative estimate of drug-likeness (QED) is 0.828. The maximum atomic E-state index is 12.5. The Labute approximate surface area is 143 Å². The Morgan fingerprint density at radius 2 is 2.04 bits per heavy atom. The summed E-state index contributed by atoms with van der Waals surface area (Å²) in [6.07, 6.45) is 3.74. The number of amides is 1. The molecule has 2 rings (SSSR count). The van der Waals surface area contributed by atoms with Crippen molar-refractivity contribution in [3.05, 3.63) is 29.3 Å². The van der Waals surface area contributed by atoms with Crippen molar-refractivity contribution in [2.24, 2.45) is 11.7 Å². The van der Waals surface area contributed by atoms with E-state index < -0.39 is 11.5 Å². The summed E-state index contributed by atoms with van der Waals surface area (Å²) in [4.78, 5) is 24.2. The van der Waals surface area contributed by atoms with Crippen molar-refractivity contribution >= 4 is 30.0 Å². The van der Waals surface area contributed by atoms with Gasteiger partial charge in [-0.1, -0.05) is 18.9 Å². The number of halogens is 1. The third-order valence-corrected chi connectivity index (χ3v) is 4.48. The van der Waals surface area contributed by atoms with E-state index >= 15 is 0 Å². The molecule has 0 heterocycles. The van der Waals surface area contributed by atoms with Crippen LogP contribution in [0.3, 0.4) is 0 Å². The van der Waals surface area contributed by atoms with E-state index in [0.29, 0.717) is 11.3 Å². The van der Waals surface area contributed by atoms with Crippen molar-refractivity contribution in [1.29, 1.82) is 0 Å². The second kappa shape index (κ2) is 7.79. The van der Waals surface area contributed by atoms with Gasteiger partial charge in [-0.05, 0) is 44.4 Å². The van der Waals surface area contributed by atoms with Gasteiger partial charge in [0.05, 0.1) is 18.6 Å². The molecule has 6 heteroatoms. The second-order valence-electron chi connectivity index (χ2n) is 6.31. The highest BCUT2D eigenvalue weighted by Gasteiger charge is 2.37. The minimum Gasteiger partial charge on any atom is -0.465 e. The summed E-state index contributed by atoms with van der Waals surface area (Å²) < 4.78 is 4.75. The molecule has 1 aliphatic rings. The highest BCUT2D eigenvalue weighted by molar-refractivity contribution is 5.96. The number of nitrogens with one attached hydrogen (secondary N) is 1. The van der Waals surface area contributed by atoms with Gasteiger partial charge in [0.2, 0.25) is 5.91 Å². The SMILES string of the molecule is COC(=O)c1cc(NC(=O)C2CCCCC2(C)N)ccc1C.Cl. The molecule has 0 aromatic heterocycles. The lowest BCUT2D eigenvalue weighted by Gasteiger charge is -2.37. The first kappa shape index (κ1) is 19.5. The fourth-order valence-electron chi connectivity index (χ4n) is 3.05. The smallest absolute Gasteiger partial charge is 0.338 e. The number of carbonyl (C=O) groups excluding carboxylic acids is 2. The molecule has 0 spiro atoms. The van der Waals surface area contributed by atoms with E-state index in [1.807, 2.05) is 13.8 Å². The Bertz CT molecular complexity index is 587. The van der Waals surface area contributed by atoms with Crippen LogP contribution in [0.2, 0.25) is 0 Å². The minimum absolute atomic E-state index is 0. The number of rotatable bonds is 3. The molecule has 0 bridgehead atoms. The molecule has 3 N–H and O–H groups in total. The van der Waals surface area contributed by atoms with Crippen LogP contribution in [0.5, 0.6) is 0 Å². The average molecular weight is 341 g/mol. The van der Waals surface area contributed by atoms with E-state index in [9.17, 15) is 9.59 Å². The molecule has 1 fully saturated rings. The van der Waals surface area contributed by atoms with Crippen molar-refractivity contribution in [3.63, 3.8) is 0 Å². The predicted octanol–water partition coefficient (Wildman–Crippen LogP) is 3.05. The van der Waals surface area contributed by atoms with Crippen LogP contribution in [0.1, 0.15) is 48.5 Å². The van der Waals surface area contributed by atoms with Crippen LogP contribution in [0, 0.1) is 12.8 Å². The maximum Gasteiger partial charge on any atom is 0.338 e. The van der Waals surface area contributed by atoms with E-state index in [1.165, 1.54) is 7.11 Å². The van der Waals surface area contributed by atoms with Crippen molar-refractivity contribution < 1.29 is 14.3 Å². The molecule has 128 valence electrons. The van der Waals surface area contributed by atoms with Gasteiger partial charge in [0, 0.05) is 11.2 Å². The van der Waals surface area contributed by atoms with Gasteiger partial charge < -0.3 is 15.8 Å². The molecule has 1 saturated carbocycles. The lowest BCUT2D eigenvalue weighted by Crippen LogP contribution is -2.51. The van der Waals surface area contributed by atoms with E-state index in [-0.39, 0.29) is 24.2 Å². The molecule has 2 unspecified atom stereocenters. The van der Waals surface area contributed by atoms with Crippen LogP contribution in [-0.2, 0) is 9.53 Å². The highest BCUT2D eigenvalue weighted by atomic mass is 35.5. The third-order valence-electron chi connectivity index (χ3n) is 4.48. The first-order valence-corrected chi connectivity index (χ1v) is 7.64. The van der Waals surface area contributed by atoms with Crippen molar-refractivity contribution in [2.45, 2.75) is 45.1 Å². The van der Waals surface area contributed by atoms with Gasteiger partial charge in [0.25, 0.3) is 0 Å². The Morgan fingerprint density at radius 3 is 2.65 bits per heavy atom. The second-order valence-corrected chi connectivity index (χ2v) is 6.31. The largest absolute Gasteiger partial charge is 0.465 e. The lowest BCUT2D eigenvalue weighted by molar-refractivity contribution is -0.122. The van der Waals surface area contributed by atoms with Crippen LogP contribution < -0.4 is 11.1 Å². The number of aryl methyl sites for hydroxylation is 1. The lowest BCUT2D eigenvalue weighted by atomic mass is 9.74. The fraction of sp³-hybridized carbons (Fsp3) is 0.529. The number of benzene rings is 1. The zero-order valence-corrected chi connectivity index (χ0v) is 14.7. The van der Waals surface area contributed by atoms with Gasteiger partial charge in [-0.2, -0.15) is 0 Å². The van der Waals surface area contributed by atoms with E-state index in [0.717, 1.165) is 31.2 Å². The maximum absolute atomic E-state index is 12.5. The van der Waals surface area contributed by atoms with Crippen LogP contribution >= 0.6 is 12.4 Å². The number of anilines is 1. The molecule has 1 aromatic carbocycles. The molecule has 0 radical (unpaired) electrons. The van der Waals surface area contributed by atoms with Crippen molar-refractivity contribution in [3.8, 4) is 0 Å². The molecule has 1 aromatic rings. The van der Waals surface area contributed by atoms with Crippen molar-refractivity contribution in [2.75, 3.05) is 12.4 Å². The number of carbonyl (C=O) groups is 2. The Hall–Kier alpha value is -1.59. The molecular weight excluding hydrogens is 316 g/mol. The molecule has 1 aliphatic carbocycles. The van der Waals surface area contributed by atoms with E-state index in [2.05, 4.69) is 5.32 Å². The van der Waals surface area contributed by atoms with Gasteiger partial charge in [-0.3, -0.25) is 4.79 Å². The molecule has 0 aliphatic heterocycles. The zero-order chi connectivity index (χ0) is 16.3. The van der Waals surface area contributed by atoms with Crippen molar-refractivity contribution in [1.82, 2.24) is 0 Å². The van der Waals surface area contributed by atoms with Crippen LogP contribution in [0.25, 0.3) is 0 Å². The van der Waals surface area contributed by atoms with Gasteiger partial charge >= 0.3 is 5.97 Å². The predicted molar refractivity (Wildman–Crippen MR) is 92.9 cm³/mol. The topological polar surface area (TPSA) is 81.4 Å². The number of hydrogen-bond donors (Lipinski definition) is 2. The van der Waals surface area contributed by atoms with E-state index in [4.69, 9.17) is 10.5 Å². The summed E-state index contributed by atoms with van der Waals surface area (Å²) >= 11 is 0. The number of methoxy groups -OCH3 is 1. The molecule has 0 saturated heterocycles. The third kappa shape index (κ3) is 4.45. The van der Waals surface area contributed by atoms with Gasteiger partial charge in [0.1, 0.15) is 0 Å². The first-order chi connectivity index (χ1) is 10.3. The van der Waals surface area contributed by atoms with E-state index in [1.54, 1.807) is 18.2 Å². The van der Waals surface area contributed by atoms with Gasteiger partial charge in [-0.15, -0.1) is 12.4 Å². The fourth-order valence-corrected chi connectivity index (χ4v) is 3.05. The normalized spacial score (nSPS) is 23.6. The monoisotopic (exact) mass is 340 g/mol. The summed E-state index contributed by atoms with van der Waals surface area (Å²) in [5, 5.41) is 2.89. The summed E-state index contributed by atoms with van der Waals surface area (Å²) in [5.74, 6) is -0.691. The number of hydrogen-bond acceptors (Lipinski definition) is 4. The van der Waals surface area contributed by atoms with Crippen LogP contribution in [0.4, 0.5) is 5.69 Å². The Kier molecular flexibility index (Phi) is 6.59. The van der Waals surface area contributed by atoms with Gasteiger partial charge in [0.15, 0.2) is 0 Å². The summed E-state index contributed by atoms with van der Waals surface area (Å²) in [5.41, 5.74) is 7.66. The summed E-state index contributed by atoms with van der Waals surface area (Å²) in [6.45, 7) is 3.77. The molecule has 5 nitrogen and oxygen atoms in total. The molecule has 23 heavy (non-hydrogen) atoms. The minimum atomic E-state index is -0.474.